The van der Waals surface area contributed by atoms with Crippen LogP contribution in [0.15, 0.2) is 30.3 Å². The molecule has 0 aliphatic rings. The van der Waals surface area contributed by atoms with Crippen LogP contribution in [-0.4, -0.2) is 10.2 Å². The molecule has 4 heteroatoms. The van der Waals surface area contributed by atoms with Crippen LogP contribution < -0.4 is 5.32 Å². The van der Waals surface area contributed by atoms with E-state index in [1.807, 2.05) is 6.07 Å². The molecule has 18 heavy (non-hydrogen) atoms. The van der Waals surface area contributed by atoms with E-state index < -0.39 is 0 Å². The molecule has 0 saturated carbocycles. The lowest BCUT2D eigenvalue weighted by molar-refractivity contribution is 0.675. The molecule has 1 aromatic heterocycles. The lowest BCUT2D eigenvalue weighted by Crippen LogP contribution is -2.10. The first-order valence-electron chi connectivity index (χ1n) is 6.47. The fourth-order valence-corrected chi connectivity index (χ4v) is 2.63. The highest BCUT2D eigenvalue weighted by Crippen LogP contribution is 2.25. The van der Waals surface area contributed by atoms with Crippen LogP contribution in [0.1, 0.15) is 43.3 Å². The number of anilines is 1. The highest BCUT2D eigenvalue weighted by molar-refractivity contribution is 7.15. The van der Waals surface area contributed by atoms with Crippen LogP contribution in [0.25, 0.3) is 0 Å². The number of hydrogen-bond acceptors (Lipinski definition) is 4. The highest BCUT2D eigenvalue weighted by atomic mass is 32.1. The Balaban J connectivity index is 2.11. The Labute approximate surface area is 112 Å². The molecule has 1 aromatic carbocycles. The first kappa shape index (κ1) is 13.0. The molecule has 0 fully saturated rings. The Bertz CT molecular complexity index is 467. The number of hydrogen-bond donors (Lipinski definition) is 1. The van der Waals surface area contributed by atoms with Crippen molar-refractivity contribution in [1.82, 2.24) is 10.2 Å². The highest BCUT2D eigenvalue weighted by Gasteiger charge is 2.12. The molecule has 1 heterocycles. The third kappa shape index (κ3) is 3.29. The minimum atomic E-state index is 0.328. The summed E-state index contributed by atoms with van der Waals surface area (Å²) in [5, 5.41) is 13.8. The van der Waals surface area contributed by atoms with Crippen molar-refractivity contribution in [3.8, 4) is 0 Å². The average molecular weight is 261 g/mol. The van der Waals surface area contributed by atoms with Gasteiger partial charge in [0.05, 0.1) is 6.04 Å². The molecule has 96 valence electrons. The number of aromatic nitrogens is 2. The summed E-state index contributed by atoms with van der Waals surface area (Å²) in [6, 6.07) is 10.9. The second kappa shape index (κ2) is 6.50. The summed E-state index contributed by atoms with van der Waals surface area (Å²) in [5.74, 6) is 0. The van der Waals surface area contributed by atoms with Crippen molar-refractivity contribution in [3.05, 3.63) is 40.9 Å². The van der Waals surface area contributed by atoms with Gasteiger partial charge in [-0.1, -0.05) is 61.9 Å². The van der Waals surface area contributed by atoms with E-state index in [2.05, 4.69) is 53.6 Å². The van der Waals surface area contributed by atoms with Gasteiger partial charge in [-0.3, -0.25) is 0 Å². The summed E-state index contributed by atoms with van der Waals surface area (Å²) in [6.45, 7) is 4.31. The van der Waals surface area contributed by atoms with Crippen molar-refractivity contribution < 1.29 is 0 Å². The minimum Gasteiger partial charge on any atom is -0.353 e. The van der Waals surface area contributed by atoms with E-state index in [0.29, 0.717) is 6.04 Å². The van der Waals surface area contributed by atoms with E-state index >= 15 is 0 Å². The minimum absolute atomic E-state index is 0.328. The van der Waals surface area contributed by atoms with Crippen LogP contribution in [0.5, 0.6) is 0 Å². The Morgan fingerprint density at radius 3 is 2.56 bits per heavy atom. The van der Waals surface area contributed by atoms with Gasteiger partial charge in [0, 0.05) is 0 Å². The van der Waals surface area contributed by atoms with E-state index in [1.165, 1.54) is 5.56 Å². The van der Waals surface area contributed by atoms with Gasteiger partial charge in [0.1, 0.15) is 5.01 Å². The molecule has 2 rings (SSSR count). The molecule has 0 amide bonds. The van der Waals surface area contributed by atoms with Gasteiger partial charge in [-0.05, 0) is 18.4 Å². The van der Waals surface area contributed by atoms with Crippen LogP contribution in [-0.2, 0) is 6.42 Å². The van der Waals surface area contributed by atoms with E-state index in [4.69, 9.17) is 0 Å². The largest absolute Gasteiger partial charge is 0.353 e. The predicted octanol–water partition coefficient (Wildman–Crippen LogP) is 4.05. The van der Waals surface area contributed by atoms with Crippen molar-refractivity contribution in [2.24, 2.45) is 0 Å². The third-order valence-corrected chi connectivity index (χ3v) is 3.85. The topological polar surface area (TPSA) is 37.8 Å². The molecular weight excluding hydrogens is 242 g/mol. The molecule has 0 radical (unpaired) electrons. The number of nitrogens with one attached hydrogen (secondary N) is 1. The number of benzene rings is 1. The maximum absolute atomic E-state index is 4.19. The molecule has 1 unspecified atom stereocenters. The third-order valence-electron chi connectivity index (χ3n) is 2.85. The molecule has 0 saturated heterocycles. The predicted molar refractivity (Wildman–Crippen MR) is 77.0 cm³/mol. The molecule has 2 aromatic rings. The molecular formula is C14H19N3S. The van der Waals surface area contributed by atoms with Gasteiger partial charge in [0.15, 0.2) is 0 Å². The maximum Gasteiger partial charge on any atom is 0.206 e. The lowest BCUT2D eigenvalue weighted by atomic mass is 10.0. The quantitative estimate of drug-likeness (QED) is 0.852. The summed E-state index contributed by atoms with van der Waals surface area (Å²) in [5.41, 5.74) is 1.31. The molecule has 1 atom stereocenters. The van der Waals surface area contributed by atoms with Crippen molar-refractivity contribution in [3.63, 3.8) is 0 Å². The smallest absolute Gasteiger partial charge is 0.206 e. The molecule has 1 N–H and O–H groups in total. The first-order valence-corrected chi connectivity index (χ1v) is 7.29. The van der Waals surface area contributed by atoms with E-state index in [-0.39, 0.29) is 0 Å². The number of aryl methyl sites for hydroxylation is 1. The zero-order chi connectivity index (χ0) is 12.8. The fourth-order valence-electron chi connectivity index (χ4n) is 1.90. The van der Waals surface area contributed by atoms with Crippen LogP contribution in [0, 0.1) is 0 Å². The lowest BCUT2D eigenvalue weighted by Gasteiger charge is -2.17. The monoisotopic (exact) mass is 261 g/mol. The summed E-state index contributed by atoms with van der Waals surface area (Å²) >= 11 is 1.65. The summed E-state index contributed by atoms with van der Waals surface area (Å²) in [7, 11) is 0. The van der Waals surface area contributed by atoms with E-state index in [1.54, 1.807) is 11.3 Å². The Morgan fingerprint density at radius 2 is 1.94 bits per heavy atom. The first-order chi connectivity index (χ1) is 8.83. The van der Waals surface area contributed by atoms with Gasteiger partial charge in [0.25, 0.3) is 0 Å². The molecule has 0 spiro atoms. The van der Waals surface area contributed by atoms with Crippen molar-refractivity contribution in [2.75, 3.05) is 5.32 Å². The average Bonchev–Trinajstić information content (AvgIpc) is 2.87. The van der Waals surface area contributed by atoms with Crippen LogP contribution in [0.2, 0.25) is 0 Å². The summed E-state index contributed by atoms with van der Waals surface area (Å²) < 4.78 is 0. The second-order valence-corrected chi connectivity index (χ2v) is 5.31. The van der Waals surface area contributed by atoms with Crippen molar-refractivity contribution in [1.29, 1.82) is 0 Å². The zero-order valence-corrected chi connectivity index (χ0v) is 11.7. The Kier molecular flexibility index (Phi) is 4.70. The van der Waals surface area contributed by atoms with Crippen LogP contribution in [0.3, 0.4) is 0 Å². The Morgan fingerprint density at radius 1 is 1.17 bits per heavy atom. The maximum atomic E-state index is 4.19. The van der Waals surface area contributed by atoms with Crippen molar-refractivity contribution in [2.45, 2.75) is 39.2 Å². The van der Waals surface area contributed by atoms with E-state index in [9.17, 15) is 0 Å². The van der Waals surface area contributed by atoms with Gasteiger partial charge < -0.3 is 5.32 Å². The fraction of sp³-hybridized carbons (Fsp3) is 0.429. The SMILES string of the molecule is CCCC(Nc1nnc(CC)s1)c1ccccc1. The van der Waals surface area contributed by atoms with Gasteiger partial charge in [0.2, 0.25) is 5.13 Å². The number of nitrogens with zero attached hydrogens (tertiary/aromatic N) is 2. The van der Waals surface area contributed by atoms with Gasteiger partial charge in [-0.15, -0.1) is 10.2 Å². The molecule has 3 nitrogen and oxygen atoms in total. The summed E-state index contributed by atoms with van der Waals surface area (Å²) in [6.07, 6.45) is 3.19. The van der Waals surface area contributed by atoms with Crippen LogP contribution >= 0.6 is 11.3 Å². The number of rotatable bonds is 6. The molecule has 0 aliphatic heterocycles. The molecule has 0 aliphatic carbocycles. The van der Waals surface area contributed by atoms with Crippen molar-refractivity contribution >= 4 is 16.5 Å². The zero-order valence-electron chi connectivity index (χ0n) is 10.9. The van der Waals surface area contributed by atoms with Gasteiger partial charge >= 0.3 is 0 Å². The second-order valence-electron chi connectivity index (χ2n) is 4.25. The van der Waals surface area contributed by atoms with Gasteiger partial charge in [-0.25, -0.2) is 0 Å². The normalized spacial score (nSPS) is 12.3. The van der Waals surface area contributed by atoms with E-state index in [0.717, 1.165) is 29.4 Å². The Hall–Kier alpha value is -1.42. The standard InChI is InChI=1S/C14H19N3S/c1-3-8-12(11-9-6-5-7-10-11)15-14-17-16-13(4-2)18-14/h5-7,9-10,12H,3-4,8H2,1-2H3,(H,15,17). The molecule has 0 bridgehead atoms. The van der Waals surface area contributed by atoms with Gasteiger partial charge in [-0.2, -0.15) is 0 Å². The van der Waals surface area contributed by atoms with Crippen LogP contribution in [0.4, 0.5) is 5.13 Å². The summed E-state index contributed by atoms with van der Waals surface area (Å²) in [4.78, 5) is 0.